The average molecular weight is 255 g/mol. The summed E-state index contributed by atoms with van der Waals surface area (Å²) in [4.78, 5) is 0. The quantitative estimate of drug-likeness (QED) is 0.802. The molecule has 18 heavy (non-hydrogen) atoms. The number of hydrogen-bond donors (Lipinski definition) is 1. The van der Waals surface area contributed by atoms with E-state index < -0.39 is 0 Å². The Bertz CT molecular complexity index is 356. The molecule has 0 bridgehead atoms. The number of rotatable bonds is 7. The van der Waals surface area contributed by atoms with Crippen molar-refractivity contribution >= 4 is 0 Å². The first-order valence-electron chi connectivity index (χ1n) is 5.67. The van der Waals surface area contributed by atoms with Crippen LogP contribution >= 0.6 is 0 Å². The second kappa shape index (κ2) is 7.08. The van der Waals surface area contributed by atoms with Gasteiger partial charge >= 0.3 is 0 Å². The number of methoxy groups -OCH3 is 4. The standard InChI is InChI=1S/C13H21NO4/c1-14-10(8-15-2)9-6-11(16-3)13(18-5)12(7-9)17-4/h6-7,10,14H,8H2,1-5H3. The Hall–Kier alpha value is -1.46. The molecular weight excluding hydrogens is 234 g/mol. The molecule has 1 rings (SSSR count). The number of ether oxygens (including phenoxy) is 4. The Morgan fingerprint density at radius 3 is 1.89 bits per heavy atom. The highest BCUT2D eigenvalue weighted by Crippen LogP contribution is 2.39. The summed E-state index contributed by atoms with van der Waals surface area (Å²) in [5.74, 6) is 1.88. The molecule has 0 heterocycles. The van der Waals surface area contributed by atoms with Crippen LogP contribution < -0.4 is 19.5 Å². The second-order valence-electron chi connectivity index (χ2n) is 3.76. The third-order valence-electron chi connectivity index (χ3n) is 2.77. The third-order valence-corrected chi connectivity index (χ3v) is 2.77. The fourth-order valence-corrected chi connectivity index (χ4v) is 1.82. The van der Waals surface area contributed by atoms with E-state index in [-0.39, 0.29) is 6.04 Å². The highest BCUT2D eigenvalue weighted by molar-refractivity contribution is 5.54. The summed E-state index contributed by atoms with van der Waals surface area (Å²) in [5.41, 5.74) is 1.02. The number of hydrogen-bond acceptors (Lipinski definition) is 5. The molecular formula is C13H21NO4. The van der Waals surface area contributed by atoms with Gasteiger partial charge in [0.1, 0.15) is 0 Å². The fraction of sp³-hybridized carbons (Fsp3) is 0.538. The molecule has 0 aromatic heterocycles. The van der Waals surface area contributed by atoms with E-state index in [1.165, 1.54) is 0 Å². The maximum absolute atomic E-state index is 5.32. The summed E-state index contributed by atoms with van der Waals surface area (Å²) in [6.07, 6.45) is 0. The van der Waals surface area contributed by atoms with Crippen LogP contribution in [0.3, 0.4) is 0 Å². The molecule has 5 nitrogen and oxygen atoms in total. The molecule has 1 aromatic carbocycles. The van der Waals surface area contributed by atoms with Gasteiger partial charge < -0.3 is 24.3 Å². The van der Waals surface area contributed by atoms with Crippen LogP contribution in [0.25, 0.3) is 0 Å². The van der Waals surface area contributed by atoms with Crippen molar-refractivity contribution in [1.29, 1.82) is 0 Å². The lowest BCUT2D eigenvalue weighted by atomic mass is 10.1. The first-order chi connectivity index (χ1) is 8.71. The van der Waals surface area contributed by atoms with Gasteiger partial charge in [0.15, 0.2) is 11.5 Å². The van der Waals surface area contributed by atoms with Gasteiger partial charge in [0.2, 0.25) is 5.75 Å². The van der Waals surface area contributed by atoms with Crippen LogP contribution in [0.15, 0.2) is 12.1 Å². The number of likely N-dealkylation sites (N-methyl/N-ethyl adjacent to an activating group) is 1. The molecule has 1 N–H and O–H groups in total. The number of benzene rings is 1. The zero-order valence-corrected chi connectivity index (χ0v) is 11.6. The largest absolute Gasteiger partial charge is 0.493 e. The van der Waals surface area contributed by atoms with Crippen LogP contribution in [0, 0.1) is 0 Å². The summed E-state index contributed by atoms with van der Waals surface area (Å²) in [6.45, 7) is 0.565. The highest BCUT2D eigenvalue weighted by atomic mass is 16.5. The van der Waals surface area contributed by atoms with Gasteiger partial charge in [-0.2, -0.15) is 0 Å². The lowest BCUT2D eigenvalue weighted by molar-refractivity contribution is 0.170. The highest BCUT2D eigenvalue weighted by Gasteiger charge is 2.17. The van der Waals surface area contributed by atoms with Gasteiger partial charge in [-0.3, -0.25) is 0 Å². The molecule has 0 amide bonds. The van der Waals surface area contributed by atoms with E-state index in [2.05, 4.69) is 5.32 Å². The van der Waals surface area contributed by atoms with E-state index in [1.807, 2.05) is 19.2 Å². The van der Waals surface area contributed by atoms with Crippen LogP contribution in [0.1, 0.15) is 11.6 Å². The van der Waals surface area contributed by atoms with Crippen molar-refractivity contribution in [3.63, 3.8) is 0 Å². The van der Waals surface area contributed by atoms with Gasteiger partial charge in [0.05, 0.1) is 34.0 Å². The summed E-state index contributed by atoms with van der Waals surface area (Å²) in [5, 5.41) is 3.18. The summed E-state index contributed by atoms with van der Waals surface area (Å²) in [6, 6.07) is 3.91. The van der Waals surface area contributed by atoms with Crippen LogP contribution in [0.2, 0.25) is 0 Å². The first-order valence-corrected chi connectivity index (χ1v) is 5.67. The molecule has 1 aromatic rings. The molecule has 0 radical (unpaired) electrons. The van der Waals surface area contributed by atoms with E-state index in [1.54, 1.807) is 28.4 Å². The van der Waals surface area contributed by atoms with Crippen LogP contribution in [-0.2, 0) is 4.74 Å². The van der Waals surface area contributed by atoms with Crippen molar-refractivity contribution in [2.24, 2.45) is 0 Å². The minimum atomic E-state index is 0.0729. The minimum absolute atomic E-state index is 0.0729. The molecule has 0 aliphatic heterocycles. The zero-order valence-electron chi connectivity index (χ0n) is 11.6. The maximum atomic E-state index is 5.32. The molecule has 1 unspecified atom stereocenters. The van der Waals surface area contributed by atoms with Crippen LogP contribution in [0.5, 0.6) is 17.2 Å². The molecule has 0 aliphatic rings. The normalized spacial score (nSPS) is 12.1. The lowest BCUT2D eigenvalue weighted by Crippen LogP contribution is -2.21. The predicted molar refractivity (Wildman–Crippen MR) is 69.8 cm³/mol. The second-order valence-corrected chi connectivity index (χ2v) is 3.76. The van der Waals surface area contributed by atoms with Gasteiger partial charge in [-0.05, 0) is 24.7 Å². The maximum Gasteiger partial charge on any atom is 0.203 e. The van der Waals surface area contributed by atoms with Gasteiger partial charge in [-0.15, -0.1) is 0 Å². The van der Waals surface area contributed by atoms with Crippen LogP contribution in [-0.4, -0.2) is 42.1 Å². The van der Waals surface area contributed by atoms with E-state index >= 15 is 0 Å². The smallest absolute Gasteiger partial charge is 0.203 e. The van der Waals surface area contributed by atoms with Crippen LogP contribution in [0.4, 0.5) is 0 Å². The SMILES string of the molecule is CNC(COC)c1cc(OC)c(OC)c(OC)c1. The molecule has 102 valence electrons. The molecule has 5 heteroatoms. The number of nitrogens with one attached hydrogen (secondary N) is 1. The monoisotopic (exact) mass is 255 g/mol. The summed E-state index contributed by atoms with van der Waals surface area (Å²) in [7, 11) is 8.34. The predicted octanol–water partition coefficient (Wildman–Crippen LogP) is 1.62. The Balaban J connectivity index is 3.21. The van der Waals surface area contributed by atoms with Crippen molar-refractivity contribution < 1.29 is 18.9 Å². The Morgan fingerprint density at radius 2 is 1.56 bits per heavy atom. The van der Waals surface area contributed by atoms with Crippen molar-refractivity contribution in [2.45, 2.75) is 6.04 Å². The Morgan fingerprint density at radius 1 is 1.00 bits per heavy atom. The van der Waals surface area contributed by atoms with Gasteiger partial charge in [-0.25, -0.2) is 0 Å². The van der Waals surface area contributed by atoms with Crippen molar-refractivity contribution in [1.82, 2.24) is 5.32 Å². The molecule has 1 atom stereocenters. The van der Waals surface area contributed by atoms with Gasteiger partial charge in [-0.1, -0.05) is 0 Å². The minimum Gasteiger partial charge on any atom is -0.493 e. The molecule has 0 fully saturated rings. The Labute approximate surface area is 108 Å². The van der Waals surface area contributed by atoms with Crippen molar-refractivity contribution in [3.8, 4) is 17.2 Å². The van der Waals surface area contributed by atoms with E-state index in [4.69, 9.17) is 18.9 Å². The first kappa shape index (κ1) is 14.6. The zero-order chi connectivity index (χ0) is 13.5. The average Bonchev–Trinajstić information content (AvgIpc) is 2.42. The van der Waals surface area contributed by atoms with Gasteiger partial charge in [0, 0.05) is 7.11 Å². The fourth-order valence-electron chi connectivity index (χ4n) is 1.82. The Kier molecular flexibility index (Phi) is 5.74. The van der Waals surface area contributed by atoms with E-state index in [9.17, 15) is 0 Å². The van der Waals surface area contributed by atoms with E-state index in [0.29, 0.717) is 23.9 Å². The summed E-state index contributed by atoms with van der Waals surface area (Å²) < 4.78 is 21.1. The van der Waals surface area contributed by atoms with E-state index in [0.717, 1.165) is 5.56 Å². The van der Waals surface area contributed by atoms with Crippen molar-refractivity contribution in [3.05, 3.63) is 17.7 Å². The molecule has 0 spiro atoms. The van der Waals surface area contributed by atoms with Crippen molar-refractivity contribution in [2.75, 3.05) is 42.1 Å². The third kappa shape index (κ3) is 3.05. The molecule has 0 saturated heterocycles. The lowest BCUT2D eigenvalue weighted by Gasteiger charge is -2.19. The topological polar surface area (TPSA) is 49.0 Å². The summed E-state index contributed by atoms with van der Waals surface area (Å²) >= 11 is 0. The molecule has 0 aliphatic carbocycles. The molecule has 0 saturated carbocycles. The van der Waals surface area contributed by atoms with Gasteiger partial charge in [0.25, 0.3) is 0 Å².